The lowest BCUT2D eigenvalue weighted by molar-refractivity contribution is -0.111. The monoisotopic (exact) mass is 355 g/mol. The molecule has 2 aromatic heterocycles. The van der Waals surface area contributed by atoms with Crippen LogP contribution >= 0.6 is 11.3 Å². The quantitative estimate of drug-likeness (QED) is 0.558. The van der Waals surface area contributed by atoms with Gasteiger partial charge in [-0.1, -0.05) is 23.5 Å². The van der Waals surface area contributed by atoms with E-state index in [1.54, 1.807) is 48.7 Å². The molecule has 3 aromatic rings. The molecule has 1 N–H and O–H groups in total. The number of furan rings is 1. The summed E-state index contributed by atoms with van der Waals surface area (Å²) in [6, 6.07) is 10.2. The van der Waals surface area contributed by atoms with Crippen LogP contribution in [-0.2, 0) is 9.53 Å². The maximum Gasteiger partial charge on any atom is 0.337 e. The Morgan fingerprint density at radius 3 is 2.68 bits per heavy atom. The van der Waals surface area contributed by atoms with E-state index in [1.165, 1.54) is 24.5 Å². The van der Waals surface area contributed by atoms with Crippen molar-refractivity contribution in [2.75, 3.05) is 12.4 Å². The van der Waals surface area contributed by atoms with Crippen molar-refractivity contribution in [2.45, 2.75) is 0 Å². The molecule has 0 saturated carbocycles. The summed E-state index contributed by atoms with van der Waals surface area (Å²) in [5.41, 5.74) is 1.22. The second kappa shape index (κ2) is 7.54. The smallest absolute Gasteiger partial charge is 0.337 e. The van der Waals surface area contributed by atoms with Crippen LogP contribution in [0.15, 0.2) is 53.2 Å². The van der Waals surface area contributed by atoms with Crippen molar-refractivity contribution in [3.63, 3.8) is 0 Å². The Kier molecular flexibility index (Phi) is 5.00. The Labute approximate surface area is 147 Å². The number of nitrogens with one attached hydrogen (secondary N) is 1. The molecule has 0 atom stereocenters. The molecule has 1 aromatic carbocycles. The van der Waals surface area contributed by atoms with E-state index in [9.17, 15) is 9.59 Å². The molecule has 8 heteroatoms. The minimum atomic E-state index is -0.406. The maximum atomic E-state index is 11.9. The van der Waals surface area contributed by atoms with Gasteiger partial charge in [0, 0.05) is 6.08 Å². The summed E-state index contributed by atoms with van der Waals surface area (Å²) < 4.78 is 9.86. The minimum absolute atomic E-state index is 0.334. The van der Waals surface area contributed by atoms with Crippen molar-refractivity contribution >= 4 is 34.4 Å². The van der Waals surface area contributed by atoms with Gasteiger partial charge < -0.3 is 9.15 Å². The number of hydrogen-bond acceptors (Lipinski definition) is 7. The Balaban J connectivity index is 1.60. The predicted molar refractivity (Wildman–Crippen MR) is 93.1 cm³/mol. The van der Waals surface area contributed by atoms with Gasteiger partial charge in [-0.25, -0.2) is 4.79 Å². The molecule has 126 valence electrons. The van der Waals surface area contributed by atoms with Gasteiger partial charge in [-0.05, 0) is 35.9 Å². The van der Waals surface area contributed by atoms with Crippen molar-refractivity contribution in [3.05, 3.63) is 59.9 Å². The maximum absolute atomic E-state index is 11.9. The minimum Gasteiger partial charge on any atom is -0.465 e. The molecular weight excluding hydrogens is 342 g/mol. The predicted octanol–water partition coefficient (Wildman–Crippen LogP) is 3.24. The van der Waals surface area contributed by atoms with Crippen LogP contribution < -0.4 is 5.32 Å². The molecule has 3 rings (SSSR count). The molecule has 2 heterocycles. The number of benzene rings is 1. The topological polar surface area (TPSA) is 94.3 Å². The van der Waals surface area contributed by atoms with E-state index in [0.717, 1.165) is 5.56 Å². The van der Waals surface area contributed by atoms with Gasteiger partial charge in [0.1, 0.15) is 0 Å². The third-order valence-corrected chi connectivity index (χ3v) is 4.00. The zero-order valence-corrected chi connectivity index (χ0v) is 13.9. The van der Waals surface area contributed by atoms with E-state index in [0.29, 0.717) is 21.5 Å². The molecule has 25 heavy (non-hydrogen) atoms. The van der Waals surface area contributed by atoms with E-state index in [2.05, 4.69) is 20.3 Å². The van der Waals surface area contributed by atoms with Gasteiger partial charge in [0.15, 0.2) is 10.8 Å². The average Bonchev–Trinajstić information content (AvgIpc) is 3.31. The third-order valence-electron chi connectivity index (χ3n) is 3.15. The van der Waals surface area contributed by atoms with Gasteiger partial charge in [0.2, 0.25) is 11.0 Å². The second-order valence-electron chi connectivity index (χ2n) is 4.83. The first-order valence-electron chi connectivity index (χ1n) is 7.20. The number of nitrogens with zero attached hydrogens (tertiary/aromatic N) is 2. The number of rotatable bonds is 5. The van der Waals surface area contributed by atoms with Gasteiger partial charge in [-0.15, -0.1) is 10.2 Å². The summed E-state index contributed by atoms with van der Waals surface area (Å²) in [7, 11) is 1.32. The second-order valence-corrected chi connectivity index (χ2v) is 5.80. The zero-order valence-electron chi connectivity index (χ0n) is 13.1. The van der Waals surface area contributed by atoms with Gasteiger partial charge in [0.05, 0.1) is 18.9 Å². The highest BCUT2D eigenvalue weighted by Gasteiger charge is 2.10. The van der Waals surface area contributed by atoms with E-state index >= 15 is 0 Å². The van der Waals surface area contributed by atoms with Gasteiger partial charge in [-0.3, -0.25) is 10.1 Å². The Morgan fingerprint density at radius 2 is 2.00 bits per heavy atom. The molecule has 0 spiro atoms. The molecule has 0 saturated heterocycles. The zero-order chi connectivity index (χ0) is 17.6. The summed E-state index contributed by atoms with van der Waals surface area (Å²) in [5, 5.41) is 11.5. The van der Waals surface area contributed by atoms with Crippen molar-refractivity contribution in [1.29, 1.82) is 0 Å². The molecule has 0 aliphatic heterocycles. The highest BCUT2D eigenvalue weighted by molar-refractivity contribution is 7.18. The summed E-state index contributed by atoms with van der Waals surface area (Å²) in [6.45, 7) is 0. The molecule has 1 amide bonds. The summed E-state index contributed by atoms with van der Waals surface area (Å²) in [4.78, 5) is 23.3. The van der Waals surface area contributed by atoms with Crippen LogP contribution in [0.3, 0.4) is 0 Å². The van der Waals surface area contributed by atoms with E-state index in [1.807, 2.05) is 0 Å². The Hall–Kier alpha value is -3.26. The summed E-state index contributed by atoms with van der Waals surface area (Å²) in [5.74, 6) is -0.143. The molecule has 0 unspecified atom stereocenters. The lowest BCUT2D eigenvalue weighted by Crippen LogP contribution is -2.07. The average molecular weight is 355 g/mol. The number of hydrogen-bond donors (Lipinski definition) is 1. The van der Waals surface area contributed by atoms with E-state index in [4.69, 9.17) is 4.42 Å². The summed E-state index contributed by atoms with van der Waals surface area (Å²) >= 11 is 1.22. The van der Waals surface area contributed by atoms with Gasteiger partial charge >= 0.3 is 5.97 Å². The number of carbonyl (C=O) groups excluding carboxylic acids is 2. The summed E-state index contributed by atoms with van der Waals surface area (Å²) in [6.07, 6.45) is 4.55. The molecule has 0 bridgehead atoms. The number of anilines is 1. The number of ether oxygens (including phenoxy) is 1. The van der Waals surface area contributed by atoms with Crippen LogP contribution in [0, 0.1) is 0 Å². The standard InChI is InChI=1S/C17H13N3O4S/c1-23-16(22)12-7-4-11(5-8-12)6-9-14(21)18-17-20-19-15(25-17)13-3-2-10-24-13/h2-10H,1H3,(H,18,20,21)/b9-6+. The largest absolute Gasteiger partial charge is 0.465 e. The lowest BCUT2D eigenvalue weighted by atomic mass is 10.1. The van der Waals surface area contributed by atoms with Crippen LogP contribution in [0.2, 0.25) is 0 Å². The van der Waals surface area contributed by atoms with Crippen LogP contribution in [0.1, 0.15) is 15.9 Å². The van der Waals surface area contributed by atoms with Crippen LogP contribution in [-0.4, -0.2) is 29.2 Å². The number of methoxy groups -OCH3 is 1. The van der Waals surface area contributed by atoms with Gasteiger partial charge in [0.25, 0.3) is 0 Å². The van der Waals surface area contributed by atoms with Crippen molar-refractivity contribution in [2.24, 2.45) is 0 Å². The Bertz CT molecular complexity index is 898. The number of aromatic nitrogens is 2. The molecule has 0 aliphatic carbocycles. The first-order valence-corrected chi connectivity index (χ1v) is 8.02. The first kappa shape index (κ1) is 16.6. The molecular formula is C17H13N3O4S. The fourth-order valence-electron chi connectivity index (χ4n) is 1.94. The lowest BCUT2D eigenvalue weighted by Gasteiger charge is -1.99. The third kappa shape index (κ3) is 4.18. The van der Waals surface area contributed by atoms with E-state index in [-0.39, 0.29) is 5.91 Å². The van der Waals surface area contributed by atoms with E-state index < -0.39 is 5.97 Å². The number of amides is 1. The Morgan fingerprint density at radius 1 is 1.20 bits per heavy atom. The highest BCUT2D eigenvalue weighted by atomic mass is 32.1. The fraction of sp³-hybridized carbons (Fsp3) is 0.0588. The normalized spacial score (nSPS) is 10.8. The SMILES string of the molecule is COC(=O)c1ccc(/C=C/C(=O)Nc2nnc(-c3ccco3)s2)cc1. The fourth-order valence-corrected chi connectivity index (χ4v) is 2.66. The molecule has 0 aliphatic rings. The van der Waals surface area contributed by atoms with Crippen molar-refractivity contribution in [1.82, 2.24) is 10.2 Å². The van der Waals surface area contributed by atoms with Gasteiger partial charge in [-0.2, -0.15) is 0 Å². The molecule has 0 radical (unpaired) electrons. The van der Waals surface area contributed by atoms with Crippen molar-refractivity contribution in [3.8, 4) is 10.8 Å². The number of esters is 1. The van der Waals surface area contributed by atoms with Crippen LogP contribution in [0.25, 0.3) is 16.8 Å². The van der Waals surface area contributed by atoms with Crippen molar-refractivity contribution < 1.29 is 18.7 Å². The number of carbonyl (C=O) groups is 2. The highest BCUT2D eigenvalue weighted by Crippen LogP contribution is 2.26. The molecule has 7 nitrogen and oxygen atoms in total. The first-order chi connectivity index (χ1) is 12.2. The molecule has 0 fully saturated rings. The van der Waals surface area contributed by atoms with Crippen LogP contribution in [0.4, 0.5) is 5.13 Å². The van der Waals surface area contributed by atoms with Crippen LogP contribution in [0.5, 0.6) is 0 Å².